The third-order valence-corrected chi connectivity index (χ3v) is 4.78. The van der Waals surface area contributed by atoms with Crippen LogP contribution in [0.4, 0.5) is 0 Å². The monoisotopic (exact) mass is 409 g/mol. The van der Waals surface area contributed by atoms with Gasteiger partial charge in [-0.25, -0.2) is 4.98 Å². The van der Waals surface area contributed by atoms with E-state index < -0.39 is 0 Å². The number of aromatic nitrogens is 2. The van der Waals surface area contributed by atoms with E-state index in [0.717, 1.165) is 22.4 Å². The Morgan fingerprint density at radius 1 is 1.08 bits per heavy atom. The van der Waals surface area contributed by atoms with Gasteiger partial charge in [-0.1, -0.05) is 6.07 Å². The van der Waals surface area contributed by atoms with Crippen LogP contribution in [0.5, 0.6) is 5.75 Å². The van der Waals surface area contributed by atoms with E-state index in [1.807, 2.05) is 24.3 Å². The lowest BCUT2D eigenvalue weighted by Gasteiger charge is -2.20. The Labute approximate surface area is 159 Å². The highest BCUT2D eigenvalue weighted by atomic mass is 79.9. The van der Waals surface area contributed by atoms with Gasteiger partial charge in [-0.2, -0.15) is 0 Å². The maximum absolute atomic E-state index is 12.8. The lowest BCUT2D eigenvalue weighted by atomic mass is 10.0. The van der Waals surface area contributed by atoms with Gasteiger partial charge in [0.1, 0.15) is 17.0 Å². The number of amides is 1. The fourth-order valence-electron chi connectivity index (χ4n) is 2.98. The van der Waals surface area contributed by atoms with Crippen molar-refractivity contribution in [1.82, 2.24) is 14.9 Å². The number of hydrogen-bond acceptors (Lipinski definition) is 4. The zero-order valence-electron chi connectivity index (χ0n) is 13.9. The fourth-order valence-corrected chi connectivity index (χ4v) is 3.21. The molecule has 130 valence electrons. The van der Waals surface area contributed by atoms with Crippen molar-refractivity contribution in [3.63, 3.8) is 0 Å². The van der Waals surface area contributed by atoms with Gasteiger partial charge in [0.05, 0.1) is 12.1 Å². The Bertz CT molecular complexity index is 930. The van der Waals surface area contributed by atoms with Crippen LogP contribution in [0.3, 0.4) is 0 Å². The largest absolute Gasteiger partial charge is 0.491 e. The Morgan fingerprint density at radius 2 is 1.92 bits per heavy atom. The minimum atomic E-state index is -0.0456. The Hall–Kier alpha value is -2.73. The van der Waals surface area contributed by atoms with Gasteiger partial charge in [0.15, 0.2) is 0 Å². The first-order chi connectivity index (χ1) is 12.7. The molecule has 5 nitrogen and oxygen atoms in total. The second-order valence-corrected chi connectivity index (χ2v) is 6.82. The molecule has 0 spiro atoms. The van der Waals surface area contributed by atoms with Crippen LogP contribution >= 0.6 is 15.9 Å². The summed E-state index contributed by atoms with van der Waals surface area (Å²) in [5.41, 5.74) is 3.73. The highest BCUT2D eigenvalue weighted by Crippen LogP contribution is 2.29. The van der Waals surface area contributed by atoms with Crippen LogP contribution in [0, 0.1) is 0 Å². The van der Waals surface area contributed by atoms with Gasteiger partial charge in [-0.15, -0.1) is 0 Å². The van der Waals surface area contributed by atoms with Crippen LogP contribution < -0.4 is 4.74 Å². The maximum atomic E-state index is 12.8. The van der Waals surface area contributed by atoms with Crippen molar-refractivity contribution >= 4 is 21.8 Å². The van der Waals surface area contributed by atoms with Crippen LogP contribution in [-0.2, 0) is 6.54 Å². The number of ether oxygens (including phenoxy) is 1. The molecule has 1 amide bonds. The molecule has 0 saturated heterocycles. The number of carbonyl (C=O) groups is 1. The first-order valence-corrected chi connectivity index (χ1v) is 9.07. The number of nitrogens with zero attached hydrogens (tertiary/aromatic N) is 3. The highest BCUT2D eigenvalue weighted by molar-refractivity contribution is 9.10. The third-order valence-electron chi connectivity index (χ3n) is 4.32. The summed E-state index contributed by atoms with van der Waals surface area (Å²) in [5.74, 6) is 0.780. The number of pyridine rings is 2. The van der Waals surface area contributed by atoms with Crippen LogP contribution in [0.1, 0.15) is 15.9 Å². The van der Waals surface area contributed by atoms with E-state index in [2.05, 4.69) is 32.0 Å². The second kappa shape index (κ2) is 7.25. The molecule has 2 aromatic heterocycles. The minimum Gasteiger partial charge on any atom is -0.491 e. The topological polar surface area (TPSA) is 55.3 Å². The molecule has 3 aromatic rings. The summed E-state index contributed by atoms with van der Waals surface area (Å²) in [5, 5.41) is 0. The molecule has 0 atom stereocenters. The molecule has 26 heavy (non-hydrogen) atoms. The Kier molecular flexibility index (Phi) is 4.67. The van der Waals surface area contributed by atoms with E-state index in [0.29, 0.717) is 29.9 Å². The van der Waals surface area contributed by atoms with Crippen molar-refractivity contribution in [2.75, 3.05) is 13.2 Å². The SMILES string of the molecule is O=C(c1ccc(Br)nc1)N1CCOc2ccc(-c3ccncc3)cc2C1. The zero-order valence-corrected chi connectivity index (χ0v) is 15.5. The van der Waals surface area contributed by atoms with Gasteiger partial charge in [0.2, 0.25) is 0 Å². The van der Waals surface area contributed by atoms with Gasteiger partial charge in [0.25, 0.3) is 5.91 Å². The maximum Gasteiger partial charge on any atom is 0.255 e. The number of fused-ring (bicyclic) bond motifs is 1. The molecular weight excluding hydrogens is 394 g/mol. The predicted octanol–water partition coefficient (Wildman–Crippen LogP) is 3.94. The fraction of sp³-hybridized carbons (Fsp3) is 0.150. The molecule has 1 aliphatic heterocycles. The van der Waals surface area contributed by atoms with Gasteiger partial charge >= 0.3 is 0 Å². The minimum absolute atomic E-state index is 0.0456. The molecule has 0 saturated carbocycles. The summed E-state index contributed by atoms with van der Waals surface area (Å²) in [6.45, 7) is 1.51. The summed E-state index contributed by atoms with van der Waals surface area (Å²) >= 11 is 3.29. The van der Waals surface area contributed by atoms with E-state index in [4.69, 9.17) is 4.74 Å². The molecule has 3 heterocycles. The second-order valence-electron chi connectivity index (χ2n) is 6.00. The lowest BCUT2D eigenvalue weighted by Crippen LogP contribution is -2.32. The average molecular weight is 410 g/mol. The number of carbonyl (C=O) groups excluding carboxylic acids is 1. The van der Waals surface area contributed by atoms with Crippen LogP contribution in [0.25, 0.3) is 11.1 Å². The van der Waals surface area contributed by atoms with Crippen molar-refractivity contribution in [3.8, 4) is 16.9 Å². The van der Waals surface area contributed by atoms with Crippen LogP contribution in [0.15, 0.2) is 65.7 Å². The predicted molar refractivity (Wildman–Crippen MR) is 102 cm³/mol. The average Bonchev–Trinajstić information content (AvgIpc) is 2.90. The summed E-state index contributed by atoms with van der Waals surface area (Å²) in [4.78, 5) is 22.8. The molecule has 0 aliphatic carbocycles. The lowest BCUT2D eigenvalue weighted by molar-refractivity contribution is 0.0733. The van der Waals surface area contributed by atoms with E-state index in [1.54, 1.807) is 35.6 Å². The van der Waals surface area contributed by atoms with Crippen molar-refractivity contribution < 1.29 is 9.53 Å². The van der Waals surface area contributed by atoms with Crippen LogP contribution in [-0.4, -0.2) is 33.9 Å². The number of benzene rings is 1. The van der Waals surface area contributed by atoms with Crippen molar-refractivity contribution in [3.05, 3.63) is 76.8 Å². The smallest absolute Gasteiger partial charge is 0.255 e. The first kappa shape index (κ1) is 16.7. The third kappa shape index (κ3) is 3.46. The summed E-state index contributed by atoms with van der Waals surface area (Å²) in [7, 11) is 0. The first-order valence-electron chi connectivity index (χ1n) is 8.28. The van der Waals surface area contributed by atoms with Crippen molar-refractivity contribution in [2.24, 2.45) is 0 Å². The zero-order chi connectivity index (χ0) is 17.9. The van der Waals surface area contributed by atoms with E-state index in [1.165, 1.54) is 0 Å². The highest BCUT2D eigenvalue weighted by Gasteiger charge is 2.21. The number of rotatable bonds is 2. The Morgan fingerprint density at radius 3 is 2.69 bits per heavy atom. The normalized spacial score (nSPS) is 13.5. The van der Waals surface area contributed by atoms with Gasteiger partial charge in [-0.3, -0.25) is 9.78 Å². The van der Waals surface area contributed by atoms with E-state index >= 15 is 0 Å². The summed E-state index contributed by atoms with van der Waals surface area (Å²) in [6, 6.07) is 13.6. The van der Waals surface area contributed by atoms with Crippen molar-refractivity contribution in [1.29, 1.82) is 0 Å². The van der Waals surface area contributed by atoms with Crippen LogP contribution in [0.2, 0.25) is 0 Å². The van der Waals surface area contributed by atoms with Gasteiger partial charge in [0, 0.05) is 30.7 Å². The summed E-state index contributed by atoms with van der Waals surface area (Å²) < 4.78 is 6.55. The molecule has 0 radical (unpaired) electrons. The molecule has 0 fully saturated rings. The number of hydrogen-bond donors (Lipinski definition) is 0. The molecule has 4 rings (SSSR count). The van der Waals surface area contributed by atoms with E-state index in [-0.39, 0.29) is 5.91 Å². The molecule has 0 bridgehead atoms. The van der Waals surface area contributed by atoms with Crippen molar-refractivity contribution in [2.45, 2.75) is 6.54 Å². The Balaban J connectivity index is 1.63. The molecule has 1 aliphatic rings. The van der Waals surface area contributed by atoms with Gasteiger partial charge < -0.3 is 9.64 Å². The quantitative estimate of drug-likeness (QED) is 0.601. The summed E-state index contributed by atoms with van der Waals surface area (Å²) in [6.07, 6.45) is 5.13. The molecular formula is C20H16BrN3O2. The molecule has 0 N–H and O–H groups in total. The van der Waals surface area contributed by atoms with E-state index in [9.17, 15) is 4.79 Å². The number of halogens is 1. The molecule has 0 unspecified atom stereocenters. The standard InChI is InChI=1S/C20H16BrN3O2/c21-19-4-2-16(12-23-19)20(25)24-9-10-26-18-3-1-15(11-17(18)13-24)14-5-7-22-8-6-14/h1-8,11-12H,9-10,13H2. The van der Waals surface area contributed by atoms with Gasteiger partial charge in [-0.05, 0) is 63.5 Å². The molecule has 6 heteroatoms. The molecule has 1 aromatic carbocycles.